The largest absolute Gasteiger partial charge is 0.369 e. The molecular weight excluding hydrogens is 1630 g/mol. The van der Waals surface area contributed by atoms with Gasteiger partial charge in [-0.3, -0.25) is 116 Å². The summed E-state index contributed by atoms with van der Waals surface area (Å²) in [5, 5.41) is 21.9. The average molecular weight is 1740 g/mol. The Labute approximate surface area is 702 Å². The van der Waals surface area contributed by atoms with Crippen molar-refractivity contribution in [2.75, 3.05) is 232 Å². The van der Waals surface area contributed by atoms with Crippen molar-refractivity contribution in [3.05, 3.63) is 66.7 Å². The van der Waals surface area contributed by atoms with Gasteiger partial charge < -0.3 is 126 Å². The van der Waals surface area contributed by atoms with E-state index in [2.05, 4.69) is 102 Å². The van der Waals surface area contributed by atoms with Crippen molar-refractivity contribution < 1.29 is 57.5 Å². The van der Waals surface area contributed by atoms with E-state index in [1.54, 1.807) is 19.6 Å². The summed E-state index contributed by atoms with van der Waals surface area (Å²) in [4.78, 5) is 266. The van der Waals surface area contributed by atoms with Crippen LogP contribution in [0.2, 0.25) is 0 Å². The van der Waals surface area contributed by atoms with Crippen LogP contribution in [-0.2, 0) is 83.7 Å². The van der Waals surface area contributed by atoms with Gasteiger partial charge in [0, 0.05) is 157 Å². The van der Waals surface area contributed by atoms with Crippen LogP contribution < -0.4 is 111 Å². The molecule has 56 nitrogen and oxygen atoms in total. The zero-order valence-corrected chi connectivity index (χ0v) is 67.9. The fourth-order valence-corrected chi connectivity index (χ4v) is 12.9. The smallest absolute Gasteiger partial charge is 0.280 e. The molecule has 1 fully saturated rings. The highest BCUT2D eigenvalue weighted by atomic mass is 16.2. The third kappa shape index (κ3) is 28.0. The van der Waals surface area contributed by atoms with E-state index in [0.29, 0.717) is 0 Å². The standard InChI is InChI=1S/C68H104N40O16/c69-1-13-101(49(117)33-105-37-85-53-57(105)89-65(73)93-61(53)121)29-45(113)81-9-5-77-41(109)25-97-17-19-98(26-42(110)78-6-10-82-46(114)30-102(14-2-70)50(118)34-106-38-86-54-58(106)90-66(74)94-62(54)122)21-23-100(28-44(112)80-8-12-84-48(116)32-104(16-4-72)52(120)36-108-40-88-56-60(108)92-68(76)96-64(56)124)24-22-99(20-18-97)27-43(111)79-7-11-83-47(115)31-103(15-3-71)51(119)35-107-39-87-55-59(107)91-67(75)95-63(55)123/h37-40H,1-36,69-72H2,(H,77,109)(H,78,110)(H,79,111)(H,80,112)(H,81,113)(H,82,114)(H,83,115)(H,84,116)(H3,73,89,93,121)(H3,74,90,94,122)(H3,75,91,95,123)(H3,76,92,96,124). The Morgan fingerprint density at radius 2 is 0.468 bits per heavy atom. The highest BCUT2D eigenvalue weighted by Gasteiger charge is 2.28. The molecule has 0 saturated carbocycles. The predicted molar refractivity (Wildman–Crippen MR) is 443 cm³/mol. The SMILES string of the molecule is NCCN(CC(=O)NCCNC(=O)CN1CCN(CC(=O)NCCNC(=O)CN(CCN)C(=O)Cn2cnc3c(=O)[nH]c(N)nc32)CCN(CC(=O)NCCNC(=O)CN(CCN)C(=O)Cn2cnc3c(=O)[nH]c(N)nc32)CCN(CC(=O)NCCNC(=O)CN(CCN)C(=O)Cn2cnc3c(=O)[nH]c(N)nc32)CC1)C(=O)Cn1cnc2c(=O)[nH]c(N)nc21. The Kier molecular flexibility index (Phi) is 34.9. The summed E-state index contributed by atoms with van der Waals surface area (Å²) >= 11 is 0. The number of fused-ring (bicyclic) bond motifs is 4. The number of carbonyl (C=O) groups excluding carboxylic acids is 12. The molecule has 56 heteroatoms. The number of nitrogens with two attached hydrogens (primary N) is 8. The van der Waals surface area contributed by atoms with Crippen LogP contribution >= 0.6 is 0 Å². The first-order chi connectivity index (χ1) is 59.5. The number of H-pyrrole nitrogens is 4. The van der Waals surface area contributed by atoms with Crippen LogP contribution in [0.5, 0.6) is 0 Å². The normalized spacial score (nSPS) is 13.2. The van der Waals surface area contributed by atoms with Gasteiger partial charge in [0.05, 0.1) is 77.7 Å². The van der Waals surface area contributed by atoms with E-state index in [1.165, 1.54) is 63.2 Å². The van der Waals surface area contributed by atoms with Gasteiger partial charge in [0.15, 0.2) is 44.7 Å². The maximum absolute atomic E-state index is 14.0. The van der Waals surface area contributed by atoms with Gasteiger partial charge in [-0.1, -0.05) is 0 Å². The molecule has 0 aliphatic carbocycles. The summed E-state index contributed by atoms with van der Waals surface area (Å²) in [7, 11) is 0. The summed E-state index contributed by atoms with van der Waals surface area (Å²) in [5.74, 6) is -7.37. The maximum atomic E-state index is 14.0. The van der Waals surface area contributed by atoms with Gasteiger partial charge in [-0.25, -0.2) is 19.9 Å². The topological polar surface area (TPSA) is 789 Å². The van der Waals surface area contributed by atoms with Gasteiger partial charge >= 0.3 is 0 Å². The van der Waals surface area contributed by atoms with Crippen LogP contribution in [0.15, 0.2) is 44.5 Å². The number of hydrogen-bond acceptors (Lipinski definition) is 36. The van der Waals surface area contributed by atoms with Crippen molar-refractivity contribution in [3.8, 4) is 0 Å². The lowest BCUT2D eigenvalue weighted by Gasteiger charge is -2.33. The van der Waals surface area contributed by atoms with Gasteiger partial charge in [-0.05, 0) is 0 Å². The molecule has 1 aliphatic rings. The molecule has 0 radical (unpaired) electrons. The number of amides is 12. The number of hydrogen-bond donors (Lipinski definition) is 20. The van der Waals surface area contributed by atoms with Crippen molar-refractivity contribution in [1.82, 2.24) is 160 Å². The zero-order valence-electron chi connectivity index (χ0n) is 67.9. The molecule has 1 aliphatic heterocycles. The minimum Gasteiger partial charge on any atom is -0.369 e. The maximum Gasteiger partial charge on any atom is 0.280 e. The van der Waals surface area contributed by atoms with Crippen molar-refractivity contribution in [2.24, 2.45) is 22.9 Å². The fraction of sp³-hybridized carbons (Fsp3) is 0.529. The van der Waals surface area contributed by atoms with Crippen molar-refractivity contribution >= 4 is 139 Å². The minimum atomic E-state index is -0.614. The van der Waals surface area contributed by atoms with Crippen molar-refractivity contribution in [3.63, 3.8) is 0 Å². The van der Waals surface area contributed by atoms with Gasteiger partial charge in [-0.15, -0.1) is 0 Å². The molecule has 0 bridgehead atoms. The number of rotatable bonds is 44. The molecule has 8 aromatic rings. The lowest BCUT2D eigenvalue weighted by atomic mass is 10.3. The van der Waals surface area contributed by atoms with E-state index in [0.717, 1.165) is 0 Å². The summed E-state index contributed by atoms with van der Waals surface area (Å²) in [6.45, 7) is -3.98. The number of nitrogens with zero attached hydrogens (tertiary/aromatic N) is 20. The molecule has 0 unspecified atom stereocenters. The second-order valence-corrected chi connectivity index (χ2v) is 28.3. The molecule has 9 rings (SSSR count). The molecule has 9 heterocycles. The van der Waals surface area contributed by atoms with E-state index in [1.807, 2.05) is 0 Å². The number of nitrogens with one attached hydrogen (secondary N) is 12. The van der Waals surface area contributed by atoms with Crippen LogP contribution in [0.25, 0.3) is 44.7 Å². The molecule has 0 spiro atoms. The van der Waals surface area contributed by atoms with Crippen LogP contribution in [0.4, 0.5) is 23.8 Å². The summed E-state index contributed by atoms with van der Waals surface area (Å²) in [6, 6.07) is 0. The third-order valence-corrected chi connectivity index (χ3v) is 19.0. The zero-order chi connectivity index (χ0) is 89.5. The van der Waals surface area contributed by atoms with Crippen LogP contribution in [-0.4, -0.2) is 398 Å². The fourth-order valence-electron chi connectivity index (χ4n) is 12.9. The predicted octanol–water partition coefficient (Wildman–Crippen LogP) is -15.9. The minimum absolute atomic E-state index is 0.00892. The second-order valence-electron chi connectivity index (χ2n) is 28.3. The molecule has 8 aromatic heterocycles. The number of carbonyl (C=O) groups is 12. The van der Waals surface area contributed by atoms with Crippen LogP contribution in [0, 0.1) is 0 Å². The molecule has 0 aromatic carbocycles. The Bertz CT molecular complexity index is 4700. The van der Waals surface area contributed by atoms with Gasteiger partial charge in [0.2, 0.25) is 94.7 Å². The molecular formula is C68H104N40O16. The molecule has 12 amide bonds. The number of nitrogen functional groups attached to an aromatic ring is 4. The van der Waals surface area contributed by atoms with E-state index in [4.69, 9.17) is 45.9 Å². The first-order valence-electron chi connectivity index (χ1n) is 39.3. The van der Waals surface area contributed by atoms with Crippen LogP contribution in [0.3, 0.4) is 0 Å². The Morgan fingerprint density at radius 3 is 0.645 bits per heavy atom. The Balaban J connectivity index is 0.842. The van der Waals surface area contributed by atoms with E-state index >= 15 is 0 Å². The molecule has 0 atom stereocenters. The molecule has 1 saturated heterocycles. The highest BCUT2D eigenvalue weighted by Crippen LogP contribution is 2.13. The number of anilines is 4. The quantitative estimate of drug-likeness (QED) is 0.0158. The monoisotopic (exact) mass is 1740 g/mol. The van der Waals surface area contributed by atoms with Gasteiger partial charge in [0.1, 0.15) is 26.2 Å². The van der Waals surface area contributed by atoms with Gasteiger partial charge in [-0.2, -0.15) is 19.9 Å². The second kappa shape index (κ2) is 46.1. The van der Waals surface area contributed by atoms with E-state index < -0.39 is 119 Å². The first-order valence-corrected chi connectivity index (χ1v) is 39.3. The highest BCUT2D eigenvalue weighted by molar-refractivity contribution is 5.89. The third-order valence-electron chi connectivity index (χ3n) is 19.0. The summed E-state index contributed by atoms with van der Waals surface area (Å²) < 4.78 is 5.21. The number of aromatic nitrogens is 16. The molecule has 672 valence electrons. The lowest BCUT2D eigenvalue weighted by Crippen LogP contribution is -2.52. The summed E-state index contributed by atoms with van der Waals surface area (Å²) in [6.07, 6.45) is 4.94. The number of aromatic amines is 4. The van der Waals surface area contributed by atoms with Crippen LogP contribution in [0.1, 0.15) is 0 Å². The lowest BCUT2D eigenvalue weighted by molar-refractivity contribution is -0.136. The van der Waals surface area contributed by atoms with Crippen molar-refractivity contribution in [2.45, 2.75) is 26.2 Å². The average Bonchev–Trinajstić information content (AvgIpc) is 1.67. The van der Waals surface area contributed by atoms with E-state index in [-0.39, 0.29) is 278 Å². The van der Waals surface area contributed by atoms with Gasteiger partial charge in [0.25, 0.3) is 22.2 Å². The molecule has 124 heavy (non-hydrogen) atoms. The summed E-state index contributed by atoms with van der Waals surface area (Å²) in [5.41, 5.74) is 43.7. The first kappa shape index (κ1) is 93.8. The number of imidazole rings is 4. The van der Waals surface area contributed by atoms with E-state index in [9.17, 15) is 76.7 Å². The Morgan fingerprint density at radius 1 is 0.290 bits per heavy atom. The van der Waals surface area contributed by atoms with Crippen molar-refractivity contribution in [1.29, 1.82) is 0 Å². The Hall–Kier alpha value is -14.1. The molecule has 28 N–H and O–H groups in total.